The van der Waals surface area contributed by atoms with Gasteiger partial charge in [0.15, 0.2) is 0 Å². The van der Waals surface area contributed by atoms with Gasteiger partial charge in [-0.1, -0.05) is 87.7 Å². The summed E-state index contributed by atoms with van der Waals surface area (Å²) < 4.78 is 19.5. The molecule has 3 rings (SSSR count). The van der Waals surface area contributed by atoms with Gasteiger partial charge in [-0.15, -0.1) is 0 Å². The Kier molecular flexibility index (Phi) is 16.0. The zero-order valence-electron chi connectivity index (χ0n) is 25.1. The van der Waals surface area contributed by atoms with Crippen molar-refractivity contribution in [3.63, 3.8) is 0 Å². The molecule has 1 atom stereocenters. The Labute approximate surface area is 251 Å². The normalized spacial score (nSPS) is 16.1. The molecule has 0 saturated carbocycles. The number of amidine groups is 1. The first-order chi connectivity index (χ1) is 19.9. The van der Waals surface area contributed by atoms with Gasteiger partial charge in [0.1, 0.15) is 18.3 Å². The molecule has 0 spiro atoms. The molecule has 2 N–H and O–H groups in total. The van der Waals surface area contributed by atoms with Crippen LogP contribution in [0.4, 0.5) is 4.39 Å². The molecule has 0 aliphatic carbocycles. The summed E-state index contributed by atoms with van der Waals surface area (Å²) >= 11 is 5.79. The van der Waals surface area contributed by atoms with Crippen LogP contribution in [0.1, 0.15) is 77.0 Å². The number of benzene rings is 2. The van der Waals surface area contributed by atoms with Crippen molar-refractivity contribution in [2.75, 3.05) is 32.8 Å². The predicted octanol–water partition coefficient (Wildman–Crippen LogP) is 8.56. The molecule has 7 heteroatoms. The van der Waals surface area contributed by atoms with Gasteiger partial charge in [0.2, 0.25) is 0 Å². The van der Waals surface area contributed by atoms with Gasteiger partial charge in [-0.05, 0) is 86.6 Å². The third kappa shape index (κ3) is 11.8. The Morgan fingerprint density at radius 3 is 2.51 bits per heavy atom. The zero-order chi connectivity index (χ0) is 30.0. The Bertz CT molecular complexity index is 1170. The number of nitriles is 1. The van der Waals surface area contributed by atoms with Gasteiger partial charge in [-0.2, -0.15) is 5.26 Å². The minimum Gasteiger partial charge on any atom is -0.386 e. The monoisotopic (exact) mass is 580 g/mol. The number of hydrogen-bond donors (Lipinski definition) is 1. The summed E-state index contributed by atoms with van der Waals surface area (Å²) in [6.07, 6.45) is 8.96. The standard InChI is InChI=1S/C32H40ClFN4O.C2H6/c1-3-4-5-18-38-19-15-28(16-20-38)32(39-23-31(36)37-17-7-10-30(33)24(2)34)27-13-11-26(12-14-27)29-9-6-8-25(21-29)22-35;1-2/h6-14,21,28,32H,3-5,15-20,23H2,1-2H3,(H2,36,37);1-2H3/b10-7-,30-24-;. The quantitative estimate of drug-likeness (QED) is 0.111. The summed E-state index contributed by atoms with van der Waals surface area (Å²) in [5.41, 5.74) is 9.99. The molecular weight excluding hydrogens is 535 g/mol. The maximum absolute atomic E-state index is 13.1. The maximum atomic E-state index is 13.1. The molecule has 222 valence electrons. The van der Waals surface area contributed by atoms with E-state index >= 15 is 0 Å². The fraction of sp³-hybridized carbons (Fsp3) is 0.471. The van der Waals surface area contributed by atoms with Gasteiger partial charge in [0, 0.05) is 0 Å². The number of aliphatic imine (C=N–C) groups is 1. The van der Waals surface area contributed by atoms with Crippen LogP contribution < -0.4 is 5.73 Å². The summed E-state index contributed by atoms with van der Waals surface area (Å²) in [4.78, 5) is 6.90. The third-order valence-corrected chi connectivity index (χ3v) is 7.49. The smallest absolute Gasteiger partial charge is 0.120 e. The summed E-state index contributed by atoms with van der Waals surface area (Å²) in [5.74, 6) is 0.337. The fourth-order valence-electron chi connectivity index (χ4n) is 4.86. The minimum absolute atomic E-state index is 0.0592. The van der Waals surface area contributed by atoms with E-state index in [4.69, 9.17) is 22.1 Å². The number of rotatable bonds is 13. The molecule has 1 aliphatic rings. The summed E-state index contributed by atoms with van der Waals surface area (Å²) in [5, 5.41) is 9.31. The van der Waals surface area contributed by atoms with Crippen LogP contribution in [0.5, 0.6) is 0 Å². The summed E-state index contributed by atoms with van der Waals surface area (Å²) in [7, 11) is 0. The van der Waals surface area contributed by atoms with Crippen molar-refractivity contribution < 1.29 is 9.13 Å². The van der Waals surface area contributed by atoms with Gasteiger partial charge in [0.05, 0.1) is 29.3 Å². The number of nitrogens with two attached hydrogens (primary N) is 1. The zero-order valence-corrected chi connectivity index (χ0v) is 25.8. The highest BCUT2D eigenvalue weighted by molar-refractivity contribution is 6.31. The molecule has 1 saturated heterocycles. The van der Waals surface area contributed by atoms with E-state index in [0.717, 1.165) is 49.2 Å². The van der Waals surface area contributed by atoms with Gasteiger partial charge < -0.3 is 15.4 Å². The second-order valence-electron chi connectivity index (χ2n) is 10.0. The van der Waals surface area contributed by atoms with Crippen LogP contribution in [0.15, 0.2) is 76.5 Å². The Morgan fingerprint density at radius 1 is 1.17 bits per heavy atom. The molecule has 0 radical (unpaired) electrons. The molecule has 5 nitrogen and oxygen atoms in total. The number of nitrogens with zero attached hydrogens (tertiary/aromatic N) is 3. The first-order valence-corrected chi connectivity index (χ1v) is 15.2. The van der Waals surface area contributed by atoms with Crippen LogP contribution in [-0.2, 0) is 4.74 Å². The third-order valence-electron chi connectivity index (χ3n) is 7.11. The second-order valence-corrected chi connectivity index (χ2v) is 10.5. The molecule has 1 aliphatic heterocycles. The molecular formula is C34H46ClFN4O. The number of likely N-dealkylation sites (tertiary alicyclic amines) is 1. The highest BCUT2D eigenvalue weighted by Gasteiger charge is 2.28. The van der Waals surface area contributed by atoms with Crippen LogP contribution in [0.2, 0.25) is 0 Å². The van der Waals surface area contributed by atoms with E-state index < -0.39 is 5.83 Å². The highest BCUT2D eigenvalue weighted by atomic mass is 35.5. The van der Waals surface area contributed by atoms with Gasteiger partial charge in [-0.3, -0.25) is 4.99 Å². The molecule has 1 unspecified atom stereocenters. The van der Waals surface area contributed by atoms with Crippen molar-refractivity contribution in [2.24, 2.45) is 16.6 Å². The average Bonchev–Trinajstić information content (AvgIpc) is 3.01. The van der Waals surface area contributed by atoms with E-state index in [0.29, 0.717) is 23.9 Å². The van der Waals surface area contributed by atoms with Gasteiger partial charge in [-0.25, -0.2) is 4.39 Å². The molecule has 2 aromatic rings. The number of piperidine rings is 1. The van der Waals surface area contributed by atoms with E-state index in [1.165, 1.54) is 32.3 Å². The van der Waals surface area contributed by atoms with E-state index in [1.54, 1.807) is 6.08 Å². The van der Waals surface area contributed by atoms with E-state index in [2.05, 4.69) is 47.2 Å². The molecule has 0 amide bonds. The molecule has 2 aromatic carbocycles. The molecule has 0 bridgehead atoms. The predicted molar refractivity (Wildman–Crippen MR) is 171 cm³/mol. The lowest BCUT2D eigenvalue weighted by Crippen LogP contribution is -2.37. The van der Waals surface area contributed by atoms with Gasteiger partial charge >= 0.3 is 0 Å². The molecule has 1 fully saturated rings. The SMILES string of the molecule is CC.CCCCCN1CCC(C(OCC(N)=NC/C=C\C(Cl)=C(/C)F)c2ccc(-c3cccc(C#N)c3)cc2)CC1. The van der Waals surface area contributed by atoms with E-state index in [-0.39, 0.29) is 17.7 Å². The molecule has 1 heterocycles. The number of unbranched alkanes of at least 4 members (excludes halogenated alkanes) is 2. The molecule has 41 heavy (non-hydrogen) atoms. The Morgan fingerprint density at radius 2 is 1.88 bits per heavy atom. The first kappa shape index (κ1) is 34.2. The van der Waals surface area contributed by atoms with Crippen molar-refractivity contribution in [2.45, 2.75) is 65.9 Å². The summed E-state index contributed by atoms with van der Waals surface area (Å²) in [6, 6.07) is 18.3. The Balaban J connectivity index is 0.00000287. The van der Waals surface area contributed by atoms with Crippen molar-refractivity contribution in [1.29, 1.82) is 5.26 Å². The van der Waals surface area contributed by atoms with Crippen LogP contribution in [-0.4, -0.2) is 43.5 Å². The lowest BCUT2D eigenvalue weighted by atomic mass is 9.86. The number of allylic oxidation sites excluding steroid dienone is 3. The summed E-state index contributed by atoms with van der Waals surface area (Å²) in [6.45, 7) is 11.4. The average molecular weight is 581 g/mol. The van der Waals surface area contributed by atoms with Gasteiger partial charge in [0.25, 0.3) is 0 Å². The van der Waals surface area contributed by atoms with Crippen LogP contribution in [0, 0.1) is 17.2 Å². The lowest BCUT2D eigenvalue weighted by Gasteiger charge is -2.36. The lowest BCUT2D eigenvalue weighted by molar-refractivity contribution is 0.00640. The van der Waals surface area contributed by atoms with E-state index in [1.807, 2.05) is 38.1 Å². The van der Waals surface area contributed by atoms with Crippen LogP contribution in [0.25, 0.3) is 11.1 Å². The number of hydrogen-bond acceptors (Lipinski definition) is 4. The highest BCUT2D eigenvalue weighted by Crippen LogP contribution is 2.35. The van der Waals surface area contributed by atoms with Crippen molar-refractivity contribution >= 4 is 17.4 Å². The van der Waals surface area contributed by atoms with E-state index in [9.17, 15) is 9.65 Å². The minimum atomic E-state index is -0.434. The maximum Gasteiger partial charge on any atom is 0.120 e. The molecule has 0 aromatic heterocycles. The van der Waals surface area contributed by atoms with Crippen molar-refractivity contribution in [3.05, 3.63) is 82.7 Å². The fourth-order valence-corrected chi connectivity index (χ4v) is 4.95. The first-order valence-electron chi connectivity index (χ1n) is 14.8. The largest absolute Gasteiger partial charge is 0.386 e. The second kappa shape index (κ2) is 19.2. The Hall–Kier alpha value is -2.98. The number of halogens is 2. The van der Waals surface area contributed by atoms with Crippen molar-refractivity contribution in [1.82, 2.24) is 4.90 Å². The van der Waals surface area contributed by atoms with Crippen molar-refractivity contribution in [3.8, 4) is 17.2 Å². The van der Waals surface area contributed by atoms with Crippen LogP contribution >= 0.6 is 11.6 Å². The topological polar surface area (TPSA) is 74.6 Å². The number of ether oxygens (including phenoxy) is 1. The van der Waals surface area contributed by atoms with Crippen LogP contribution in [0.3, 0.4) is 0 Å².